The van der Waals surface area contributed by atoms with Crippen molar-refractivity contribution in [1.82, 2.24) is 0 Å². The number of fused-ring (bicyclic) bond motifs is 1. The van der Waals surface area contributed by atoms with Crippen LogP contribution in [0.15, 0.2) is 84.9 Å². The third-order valence-corrected chi connectivity index (χ3v) is 4.54. The van der Waals surface area contributed by atoms with Gasteiger partial charge in [-0.15, -0.1) is 0 Å². The molecule has 0 heterocycles. The minimum Gasteiger partial charge on any atom is -0.422 e. The molecular formula is C24H18N2O4. The summed E-state index contributed by atoms with van der Waals surface area (Å²) in [6, 6.07) is 23.3. The molecule has 0 atom stereocenters. The SMILES string of the molecule is Nc1ccc(C(=O)Oc2ccc(OC(=O)c3ccc(N)cc3)c3ccccc23)cc1. The van der Waals surface area contributed by atoms with Gasteiger partial charge in [-0.05, 0) is 60.7 Å². The number of carbonyl (C=O) groups excluding carboxylic acids is 2. The molecule has 0 spiro atoms. The van der Waals surface area contributed by atoms with Crippen molar-refractivity contribution in [2.45, 2.75) is 0 Å². The van der Waals surface area contributed by atoms with Gasteiger partial charge in [-0.25, -0.2) is 9.59 Å². The quantitative estimate of drug-likeness (QED) is 0.299. The molecule has 30 heavy (non-hydrogen) atoms. The van der Waals surface area contributed by atoms with Crippen LogP contribution in [0.2, 0.25) is 0 Å². The van der Waals surface area contributed by atoms with Crippen molar-refractivity contribution in [3.63, 3.8) is 0 Å². The lowest BCUT2D eigenvalue weighted by Crippen LogP contribution is -2.10. The summed E-state index contributed by atoms with van der Waals surface area (Å²) < 4.78 is 11.2. The maximum absolute atomic E-state index is 12.5. The number of hydrogen-bond donors (Lipinski definition) is 2. The first-order chi connectivity index (χ1) is 14.5. The first kappa shape index (κ1) is 19.0. The summed E-state index contributed by atoms with van der Waals surface area (Å²) in [5.74, 6) is -0.294. The van der Waals surface area contributed by atoms with E-state index in [1.165, 1.54) is 0 Å². The van der Waals surface area contributed by atoms with E-state index in [0.717, 1.165) is 0 Å². The molecule has 0 aromatic heterocycles. The summed E-state index contributed by atoms with van der Waals surface area (Å²) in [6.45, 7) is 0. The van der Waals surface area contributed by atoms with E-state index in [4.69, 9.17) is 20.9 Å². The minimum absolute atomic E-state index is 0.361. The molecule has 0 fully saturated rings. The highest BCUT2D eigenvalue weighted by Crippen LogP contribution is 2.34. The average Bonchev–Trinajstić information content (AvgIpc) is 2.76. The van der Waals surface area contributed by atoms with Gasteiger partial charge in [0, 0.05) is 22.1 Å². The maximum Gasteiger partial charge on any atom is 0.343 e. The van der Waals surface area contributed by atoms with Crippen molar-refractivity contribution in [1.29, 1.82) is 0 Å². The number of anilines is 2. The zero-order valence-electron chi connectivity index (χ0n) is 15.9. The Balaban J connectivity index is 1.63. The maximum atomic E-state index is 12.5. The number of esters is 2. The molecular weight excluding hydrogens is 380 g/mol. The monoisotopic (exact) mass is 398 g/mol. The fourth-order valence-corrected chi connectivity index (χ4v) is 2.98. The smallest absolute Gasteiger partial charge is 0.343 e. The molecule has 0 aliphatic heterocycles. The van der Waals surface area contributed by atoms with Crippen molar-refractivity contribution in [2.24, 2.45) is 0 Å². The summed E-state index contributed by atoms with van der Waals surface area (Å²) in [4.78, 5) is 25.0. The van der Waals surface area contributed by atoms with E-state index >= 15 is 0 Å². The molecule has 6 heteroatoms. The van der Waals surface area contributed by atoms with Gasteiger partial charge in [0.2, 0.25) is 0 Å². The van der Waals surface area contributed by atoms with Gasteiger partial charge in [-0.1, -0.05) is 24.3 Å². The lowest BCUT2D eigenvalue weighted by Gasteiger charge is -2.12. The number of carbonyl (C=O) groups is 2. The molecule has 0 amide bonds. The number of ether oxygens (including phenoxy) is 2. The predicted molar refractivity (Wildman–Crippen MR) is 116 cm³/mol. The Morgan fingerprint density at radius 1 is 0.533 bits per heavy atom. The summed E-state index contributed by atoms with van der Waals surface area (Å²) >= 11 is 0. The number of nitrogens with two attached hydrogens (primary N) is 2. The summed E-state index contributed by atoms with van der Waals surface area (Å²) in [7, 11) is 0. The van der Waals surface area contributed by atoms with Crippen molar-refractivity contribution in [3.05, 3.63) is 96.1 Å². The topological polar surface area (TPSA) is 105 Å². The molecule has 4 N–H and O–H groups in total. The summed E-state index contributed by atoms with van der Waals surface area (Å²) in [5.41, 5.74) is 13.2. The highest BCUT2D eigenvalue weighted by Gasteiger charge is 2.15. The number of nitrogen functional groups attached to an aromatic ring is 2. The molecule has 0 radical (unpaired) electrons. The molecule has 4 aromatic carbocycles. The van der Waals surface area contributed by atoms with Gasteiger partial charge in [-0.3, -0.25) is 0 Å². The molecule has 0 aliphatic carbocycles. The van der Waals surface area contributed by atoms with Crippen LogP contribution >= 0.6 is 0 Å². The number of benzene rings is 4. The fraction of sp³-hybridized carbons (Fsp3) is 0. The van der Waals surface area contributed by atoms with Crippen molar-refractivity contribution in [3.8, 4) is 11.5 Å². The lowest BCUT2D eigenvalue weighted by molar-refractivity contribution is 0.0723. The zero-order valence-corrected chi connectivity index (χ0v) is 15.9. The second-order valence-corrected chi connectivity index (χ2v) is 6.63. The number of rotatable bonds is 4. The fourth-order valence-electron chi connectivity index (χ4n) is 2.98. The van der Waals surface area contributed by atoms with Gasteiger partial charge in [-0.2, -0.15) is 0 Å². The van der Waals surface area contributed by atoms with E-state index in [0.29, 0.717) is 44.8 Å². The Morgan fingerprint density at radius 2 is 0.900 bits per heavy atom. The van der Waals surface area contributed by atoms with E-state index in [1.807, 2.05) is 12.1 Å². The third kappa shape index (κ3) is 3.93. The number of hydrogen-bond acceptors (Lipinski definition) is 6. The van der Waals surface area contributed by atoms with Crippen molar-refractivity contribution in [2.75, 3.05) is 11.5 Å². The molecule has 0 bridgehead atoms. The Labute approximate surface area is 172 Å². The first-order valence-corrected chi connectivity index (χ1v) is 9.18. The highest BCUT2D eigenvalue weighted by atomic mass is 16.5. The molecule has 6 nitrogen and oxygen atoms in total. The normalized spacial score (nSPS) is 10.5. The zero-order chi connectivity index (χ0) is 21.1. The summed E-state index contributed by atoms with van der Waals surface area (Å²) in [6.07, 6.45) is 0. The Hall–Kier alpha value is -4.32. The van der Waals surface area contributed by atoms with Gasteiger partial charge >= 0.3 is 11.9 Å². The molecule has 0 unspecified atom stereocenters. The van der Waals surface area contributed by atoms with Crippen LogP contribution in [0, 0.1) is 0 Å². The highest BCUT2D eigenvalue weighted by molar-refractivity contribution is 6.00. The second-order valence-electron chi connectivity index (χ2n) is 6.63. The standard InChI is InChI=1S/C24H18N2O4/c25-17-9-5-15(6-10-17)23(27)29-21-13-14-22(20-4-2-1-3-19(20)21)30-24(28)16-7-11-18(26)12-8-16/h1-14H,25-26H2. The Bertz CT molecular complexity index is 1130. The van der Waals surface area contributed by atoms with E-state index in [1.54, 1.807) is 72.8 Å². The first-order valence-electron chi connectivity index (χ1n) is 9.18. The van der Waals surface area contributed by atoms with E-state index in [2.05, 4.69) is 0 Å². The van der Waals surface area contributed by atoms with Crippen molar-refractivity contribution >= 4 is 34.1 Å². The molecule has 0 saturated carbocycles. The van der Waals surface area contributed by atoms with Crippen LogP contribution in [0.3, 0.4) is 0 Å². The van der Waals surface area contributed by atoms with Crippen LogP contribution in [0.5, 0.6) is 11.5 Å². The van der Waals surface area contributed by atoms with Crippen LogP contribution in [-0.2, 0) is 0 Å². The van der Waals surface area contributed by atoms with Crippen LogP contribution < -0.4 is 20.9 Å². The lowest BCUT2D eigenvalue weighted by atomic mass is 10.1. The van der Waals surface area contributed by atoms with E-state index < -0.39 is 11.9 Å². The second kappa shape index (κ2) is 7.97. The van der Waals surface area contributed by atoms with Gasteiger partial charge < -0.3 is 20.9 Å². The van der Waals surface area contributed by atoms with Gasteiger partial charge in [0.15, 0.2) is 0 Å². The summed E-state index contributed by atoms with van der Waals surface area (Å²) in [5, 5.41) is 1.29. The molecule has 4 rings (SSSR count). The molecule has 4 aromatic rings. The van der Waals surface area contributed by atoms with E-state index in [-0.39, 0.29) is 0 Å². The Morgan fingerprint density at radius 3 is 1.27 bits per heavy atom. The van der Waals surface area contributed by atoms with Crippen molar-refractivity contribution < 1.29 is 19.1 Å². The molecule has 148 valence electrons. The molecule has 0 aliphatic rings. The third-order valence-electron chi connectivity index (χ3n) is 4.54. The van der Waals surface area contributed by atoms with Crippen LogP contribution in [0.4, 0.5) is 11.4 Å². The van der Waals surface area contributed by atoms with Crippen LogP contribution in [0.25, 0.3) is 10.8 Å². The van der Waals surface area contributed by atoms with Gasteiger partial charge in [0.25, 0.3) is 0 Å². The van der Waals surface area contributed by atoms with Gasteiger partial charge in [0.05, 0.1) is 11.1 Å². The minimum atomic E-state index is -0.508. The average molecular weight is 398 g/mol. The largest absolute Gasteiger partial charge is 0.422 e. The Kier molecular flexibility index (Phi) is 5.05. The van der Waals surface area contributed by atoms with Crippen LogP contribution in [-0.4, -0.2) is 11.9 Å². The van der Waals surface area contributed by atoms with Crippen LogP contribution in [0.1, 0.15) is 20.7 Å². The van der Waals surface area contributed by atoms with E-state index in [9.17, 15) is 9.59 Å². The predicted octanol–water partition coefficient (Wildman–Crippen LogP) is 4.44. The van der Waals surface area contributed by atoms with Gasteiger partial charge in [0.1, 0.15) is 11.5 Å². The molecule has 0 saturated heterocycles.